The van der Waals surface area contributed by atoms with Crippen LogP contribution in [0.5, 0.6) is 0 Å². The molecular weight excluding hydrogens is 472 g/mol. The molecule has 6 heteroatoms. The quantitative estimate of drug-likeness (QED) is 0.342. The zero-order valence-corrected chi connectivity index (χ0v) is 28.4. The third-order valence-corrected chi connectivity index (χ3v) is 7.20. The molecule has 0 aromatic carbocycles. The summed E-state index contributed by atoms with van der Waals surface area (Å²) < 4.78 is 5.25. The van der Waals surface area contributed by atoms with Crippen LogP contribution in [-0.2, 0) is 9.57 Å². The largest absolute Gasteiger partial charge is 0.379 e. The standard InChI is InChI=1S/C9H19N.C8H17NO.C8H19N.C6H15NO.CH4/c1-9(2,3)10-7-5-4-6-8-10;1-8(2,3)9-4-6-10-7-5-9;1-6-9(7-2)8(3,4)5;1-6(2,3)7(4)8-5;/h4-8H2,1-3H3;4-7H2,1-3H3;6-7H2,1-5H3;1-5H3;1H4. The molecule has 0 amide bonds. The fraction of sp³-hybridized carbons (Fsp3) is 1.00. The molecule has 2 aliphatic heterocycles. The van der Waals surface area contributed by atoms with E-state index in [2.05, 4.69) is 112 Å². The maximum atomic E-state index is 5.25. The van der Waals surface area contributed by atoms with Gasteiger partial charge in [-0.25, -0.2) is 0 Å². The zero-order chi connectivity index (χ0) is 29.5. The molecule has 2 rings (SSSR count). The molecule has 2 heterocycles. The van der Waals surface area contributed by atoms with Crippen LogP contribution >= 0.6 is 0 Å². The van der Waals surface area contributed by atoms with E-state index in [1.165, 1.54) is 32.4 Å². The summed E-state index contributed by atoms with van der Waals surface area (Å²) in [7, 11) is 3.59. The number of hydrogen-bond donors (Lipinski definition) is 0. The highest BCUT2D eigenvalue weighted by molar-refractivity contribution is 4.79. The van der Waals surface area contributed by atoms with Crippen molar-refractivity contribution in [3.8, 4) is 0 Å². The summed E-state index contributed by atoms with van der Waals surface area (Å²) in [6.45, 7) is 40.0. The number of likely N-dealkylation sites (tertiary alicyclic amines) is 1. The summed E-state index contributed by atoms with van der Waals surface area (Å²) in [6, 6.07) is 0. The summed E-state index contributed by atoms with van der Waals surface area (Å²) in [4.78, 5) is 12.4. The Balaban J connectivity index is -0.000000428. The fourth-order valence-electron chi connectivity index (χ4n) is 4.25. The average Bonchev–Trinajstić information content (AvgIpc) is 2.79. The van der Waals surface area contributed by atoms with Gasteiger partial charge >= 0.3 is 0 Å². The first-order valence-corrected chi connectivity index (χ1v) is 14.8. The van der Waals surface area contributed by atoms with E-state index < -0.39 is 0 Å². The van der Waals surface area contributed by atoms with Crippen LogP contribution in [0.15, 0.2) is 0 Å². The molecule has 2 saturated heterocycles. The van der Waals surface area contributed by atoms with E-state index >= 15 is 0 Å². The van der Waals surface area contributed by atoms with Crippen LogP contribution in [0.4, 0.5) is 0 Å². The van der Waals surface area contributed by atoms with E-state index in [0.29, 0.717) is 16.6 Å². The number of rotatable bonds is 3. The average molecular weight is 547 g/mol. The third kappa shape index (κ3) is 20.6. The van der Waals surface area contributed by atoms with Gasteiger partial charge in [-0.15, -0.1) is 0 Å². The molecule has 0 N–H and O–H groups in total. The fourth-order valence-corrected chi connectivity index (χ4v) is 4.25. The van der Waals surface area contributed by atoms with Gasteiger partial charge in [-0.2, -0.15) is 5.06 Å². The number of piperidine rings is 1. The first-order valence-electron chi connectivity index (χ1n) is 14.8. The second-order valence-electron chi connectivity index (χ2n) is 14.2. The molecule has 0 saturated carbocycles. The van der Waals surface area contributed by atoms with Crippen molar-refractivity contribution in [1.29, 1.82) is 0 Å². The van der Waals surface area contributed by atoms with Crippen molar-refractivity contribution in [2.24, 2.45) is 0 Å². The minimum absolute atomic E-state index is 0. The molecule has 0 unspecified atom stereocenters. The van der Waals surface area contributed by atoms with Gasteiger partial charge in [0.25, 0.3) is 0 Å². The number of hydrogen-bond acceptors (Lipinski definition) is 6. The van der Waals surface area contributed by atoms with Crippen LogP contribution in [0.1, 0.15) is 124 Å². The Morgan fingerprint density at radius 3 is 1.16 bits per heavy atom. The topological polar surface area (TPSA) is 31.4 Å². The van der Waals surface area contributed by atoms with E-state index in [-0.39, 0.29) is 13.0 Å². The predicted molar refractivity (Wildman–Crippen MR) is 171 cm³/mol. The number of morpholine rings is 1. The van der Waals surface area contributed by atoms with Crippen molar-refractivity contribution in [3.05, 3.63) is 0 Å². The molecule has 0 bridgehead atoms. The van der Waals surface area contributed by atoms with Gasteiger partial charge in [0, 0.05) is 42.3 Å². The Labute approximate surface area is 241 Å². The lowest BCUT2D eigenvalue weighted by Gasteiger charge is -2.38. The lowest BCUT2D eigenvalue weighted by atomic mass is 10.0. The van der Waals surface area contributed by atoms with Crippen LogP contribution in [0.25, 0.3) is 0 Å². The van der Waals surface area contributed by atoms with Gasteiger partial charge in [0.15, 0.2) is 0 Å². The van der Waals surface area contributed by atoms with Crippen molar-refractivity contribution < 1.29 is 9.57 Å². The summed E-state index contributed by atoms with van der Waals surface area (Å²) in [5.74, 6) is 0. The maximum absolute atomic E-state index is 5.25. The van der Waals surface area contributed by atoms with E-state index in [1.807, 2.05) is 12.1 Å². The van der Waals surface area contributed by atoms with Crippen molar-refractivity contribution in [3.63, 3.8) is 0 Å². The van der Waals surface area contributed by atoms with Gasteiger partial charge in [-0.05, 0) is 122 Å². The van der Waals surface area contributed by atoms with Gasteiger partial charge in [0.05, 0.1) is 20.3 Å². The first kappa shape index (κ1) is 42.2. The van der Waals surface area contributed by atoms with Gasteiger partial charge < -0.3 is 9.57 Å². The second kappa shape index (κ2) is 19.8. The Kier molecular flexibility index (Phi) is 22.0. The minimum atomic E-state index is 0. The van der Waals surface area contributed by atoms with Crippen molar-refractivity contribution in [2.75, 3.05) is 66.6 Å². The molecule has 0 aliphatic carbocycles. The molecule has 0 radical (unpaired) electrons. The van der Waals surface area contributed by atoms with Crippen molar-refractivity contribution >= 4 is 0 Å². The van der Waals surface area contributed by atoms with E-state index in [9.17, 15) is 0 Å². The first-order chi connectivity index (χ1) is 16.7. The summed E-state index contributed by atoms with van der Waals surface area (Å²) in [5.41, 5.74) is 1.20. The molecule has 0 aromatic rings. The number of hydroxylamine groups is 2. The van der Waals surface area contributed by atoms with Crippen molar-refractivity contribution in [2.45, 2.75) is 146 Å². The molecule has 0 aromatic heterocycles. The summed E-state index contributed by atoms with van der Waals surface area (Å²) in [5, 5.41) is 1.81. The highest BCUT2D eigenvalue weighted by Crippen LogP contribution is 2.19. The lowest BCUT2D eigenvalue weighted by molar-refractivity contribution is -0.166. The zero-order valence-electron chi connectivity index (χ0n) is 28.4. The van der Waals surface area contributed by atoms with E-state index in [4.69, 9.17) is 9.57 Å². The molecular formula is C32H74N4O2. The Hall–Kier alpha value is -0.240. The summed E-state index contributed by atoms with van der Waals surface area (Å²) in [6.07, 6.45) is 4.24. The number of ether oxygens (including phenoxy) is 1. The van der Waals surface area contributed by atoms with Crippen LogP contribution in [0, 0.1) is 0 Å². The van der Waals surface area contributed by atoms with Gasteiger partial charge in [0.2, 0.25) is 0 Å². The SMILES string of the molecule is C.CC(C)(C)N1CCCCC1.CC(C)(C)N1CCOCC1.CCN(CC)C(C)(C)C.CON(C)C(C)(C)C. The van der Waals surface area contributed by atoms with Gasteiger partial charge in [-0.1, -0.05) is 27.7 Å². The summed E-state index contributed by atoms with van der Waals surface area (Å²) >= 11 is 0. The lowest BCUT2D eigenvalue weighted by Crippen LogP contribution is -2.47. The van der Waals surface area contributed by atoms with Gasteiger partial charge in [0.1, 0.15) is 0 Å². The molecule has 2 fully saturated rings. The normalized spacial score (nSPS) is 17.8. The maximum Gasteiger partial charge on any atom is 0.0594 e. The van der Waals surface area contributed by atoms with Gasteiger partial charge in [-0.3, -0.25) is 14.7 Å². The minimum Gasteiger partial charge on any atom is -0.379 e. The smallest absolute Gasteiger partial charge is 0.0594 e. The predicted octanol–water partition coefficient (Wildman–Crippen LogP) is 7.43. The highest BCUT2D eigenvalue weighted by Gasteiger charge is 2.23. The molecule has 2 aliphatic rings. The van der Waals surface area contributed by atoms with Crippen LogP contribution < -0.4 is 0 Å². The monoisotopic (exact) mass is 547 g/mol. The van der Waals surface area contributed by atoms with Crippen LogP contribution in [0.3, 0.4) is 0 Å². The Morgan fingerprint density at radius 1 is 0.632 bits per heavy atom. The number of nitrogens with zero attached hydrogens (tertiary/aromatic N) is 4. The van der Waals surface area contributed by atoms with Crippen LogP contribution in [0.2, 0.25) is 0 Å². The highest BCUT2D eigenvalue weighted by atomic mass is 16.7. The Morgan fingerprint density at radius 2 is 1.00 bits per heavy atom. The van der Waals surface area contributed by atoms with E-state index in [0.717, 1.165) is 39.4 Å². The van der Waals surface area contributed by atoms with Crippen molar-refractivity contribution in [1.82, 2.24) is 19.8 Å². The molecule has 38 heavy (non-hydrogen) atoms. The molecule has 6 nitrogen and oxygen atoms in total. The Bertz CT molecular complexity index is 498. The third-order valence-electron chi connectivity index (χ3n) is 7.20. The second-order valence-corrected chi connectivity index (χ2v) is 14.2. The molecule has 0 atom stereocenters. The van der Waals surface area contributed by atoms with E-state index in [1.54, 1.807) is 7.11 Å². The molecule has 0 spiro atoms. The van der Waals surface area contributed by atoms with Crippen LogP contribution in [-0.4, -0.2) is 109 Å². The molecule has 234 valence electrons.